The number of rotatable bonds is 15. The lowest BCUT2D eigenvalue weighted by molar-refractivity contribution is -0.157. The molecule has 0 saturated carbocycles. The summed E-state index contributed by atoms with van der Waals surface area (Å²) in [5.41, 5.74) is 0. The molecule has 0 bridgehead atoms. The Balaban J connectivity index is 4.32. The molecule has 0 aromatic rings. The Hall–Kier alpha value is -6.13. The standard InChI is InChI=1S/C62H111N11O12/c1-25-27-28-40(15)52(75)51-56(79)65-43(26-2)58(81)67(18)33-48(74)68(19)44(29-34(3)4)55(78)66-49(38(11)12)61(84)69(20)45(30-35(5)6)54(77)63-41(16)53(76)64-42(17)57(80)70(21)46(31-36(7)8)59(82)71(22)47(32-37(9)10)60(83)72(23)50(39(13)14)62(85)73(51)24/h25,27,34-47,49-52,75H,26,28-33H2,1-24H3,(H,63,77)(H,64,76)(H,65,79)(H,66,78)/t40-,41+,42-,43+,44+,45+,46+,47+,49+,50+,51?,52-/m1/s1. The van der Waals surface area contributed by atoms with E-state index in [0.717, 1.165) is 9.80 Å². The Morgan fingerprint density at radius 2 is 0.871 bits per heavy atom. The third-order valence-electron chi connectivity index (χ3n) is 16.1. The van der Waals surface area contributed by atoms with Gasteiger partial charge in [0.15, 0.2) is 0 Å². The summed E-state index contributed by atoms with van der Waals surface area (Å²) in [6.07, 6.45) is 3.04. The first-order valence-electron chi connectivity index (χ1n) is 30.6. The van der Waals surface area contributed by atoms with E-state index < -0.39 is 156 Å². The van der Waals surface area contributed by atoms with Gasteiger partial charge in [0, 0.05) is 49.3 Å². The molecule has 11 amide bonds. The molecule has 1 saturated heterocycles. The van der Waals surface area contributed by atoms with Crippen LogP contribution in [0.15, 0.2) is 12.2 Å². The molecule has 0 aromatic carbocycles. The van der Waals surface area contributed by atoms with Gasteiger partial charge in [0.05, 0.1) is 12.6 Å². The van der Waals surface area contributed by atoms with Crippen molar-refractivity contribution >= 4 is 65.0 Å². The number of allylic oxidation sites excluding steroid dienone is 2. The van der Waals surface area contributed by atoms with E-state index >= 15 is 9.59 Å². The zero-order valence-electron chi connectivity index (χ0n) is 56.1. The lowest BCUT2D eigenvalue weighted by atomic mass is 9.91. The Morgan fingerprint density at radius 1 is 0.459 bits per heavy atom. The van der Waals surface area contributed by atoms with Crippen LogP contribution in [0.4, 0.5) is 0 Å². The summed E-state index contributed by atoms with van der Waals surface area (Å²) in [6, 6.07) is -12.3. The van der Waals surface area contributed by atoms with E-state index in [1.165, 1.54) is 87.7 Å². The number of carbonyl (C=O) groups excluding carboxylic acids is 11. The van der Waals surface area contributed by atoms with Gasteiger partial charge >= 0.3 is 0 Å². The van der Waals surface area contributed by atoms with E-state index in [-0.39, 0.29) is 55.8 Å². The molecule has 0 spiro atoms. The van der Waals surface area contributed by atoms with Gasteiger partial charge in [-0.25, -0.2) is 0 Å². The SMILES string of the molecule is CC=CC[C@@H](C)[C@@H](O)C1C(=O)N[C@@H](CC)C(=O)N(C)CC(=O)N(C)[C@@H](CC(C)C)C(=O)N[C@@H](C(C)C)C(=O)N(C)[C@@H](CC(C)C)C(=O)N[C@@H](C)C(=O)N[C@H](C)C(=O)N(C)[C@@H](CC(C)C)C(=O)N(C)[C@@H](CC(C)C)C(=O)N(C)[C@@H](C(C)C)C(=O)N1C. The van der Waals surface area contributed by atoms with Crippen LogP contribution in [0.3, 0.4) is 0 Å². The lowest BCUT2D eigenvalue weighted by Gasteiger charge is -2.41. The number of aliphatic hydroxyl groups is 1. The quantitative estimate of drug-likeness (QED) is 0.148. The predicted octanol–water partition coefficient (Wildman–Crippen LogP) is 3.27. The van der Waals surface area contributed by atoms with Crippen LogP contribution >= 0.6 is 0 Å². The lowest BCUT2D eigenvalue weighted by Crippen LogP contribution is -2.63. The second kappa shape index (κ2) is 34.9. The van der Waals surface area contributed by atoms with Crippen molar-refractivity contribution in [2.45, 2.75) is 223 Å². The molecule has 0 radical (unpaired) electrons. The summed E-state index contributed by atoms with van der Waals surface area (Å²) in [5, 5.41) is 23.1. The predicted molar refractivity (Wildman–Crippen MR) is 328 cm³/mol. The van der Waals surface area contributed by atoms with Crippen LogP contribution in [0.25, 0.3) is 0 Å². The number of likely N-dealkylation sites (N-methyl/N-ethyl adjacent to an activating group) is 7. The maximum absolute atomic E-state index is 15.1. The highest BCUT2D eigenvalue weighted by Crippen LogP contribution is 2.26. The average Bonchev–Trinajstić information content (AvgIpc) is 3.62. The van der Waals surface area contributed by atoms with Crippen LogP contribution in [0.1, 0.15) is 156 Å². The topological polar surface area (TPSA) is 279 Å². The molecule has 1 unspecified atom stereocenters. The van der Waals surface area contributed by atoms with Crippen LogP contribution < -0.4 is 21.3 Å². The van der Waals surface area contributed by atoms with Gasteiger partial charge in [-0.3, -0.25) is 52.7 Å². The molecule has 85 heavy (non-hydrogen) atoms. The minimum Gasteiger partial charge on any atom is -0.390 e. The summed E-state index contributed by atoms with van der Waals surface area (Å²) < 4.78 is 0. The van der Waals surface area contributed by atoms with Gasteiger partial charge in [0.1, 0.15) is 60.4 Å². The third kappa shape index (κ3) is 21.7. The van der Waals surface area contributed by atoms with Crippen molar-refractivity contribution in [3.63, 3.8) is 0 Å². The smallest absolute Gasteiger partial charge is 0.246 e. The van der Waals surface area contributed by atoms with E-state index in [1.807, 2.05) is 61.5 Å². The zero-order chi connectivity index (χ0) is 66.0. The molecule has 0 aliphatic carbocycles. The second-order valence-electron chi connectivity index (χ2n) is 26.1. The Kier molecular flexibility index (Phi) is 31.5. The highest BCUT2D eigenvalue weighted by molar-refractivity contribution is 5.99. The van der Waals surface area contributed by atoms with Gasteiger partial charge in [-0.1, -0.05) is 109 Å². The molecule has 1 aliphatic rings. The van der Waals surface area contributed by atoms with Crippen molar-refractivity contribution in [3.8, 4) is 0 Å². The zero-order valence-corrected chi connectivity index (χ0v) is 56.1. The van der Waals surface area contributed by atoms with Crippen LogP contribution in [0, 0.1) is 41.4 Å². The van der Waals surface area contributed by atoms with E-state index in [0.29, 0.717) is 6.42 Å². The fraction of sp³-hybridized carbons (Fsp3) is 0.790. The van der Waals surface area contributed by atoms with Gasteiger partial charge in [0.2, 0.25) is 65.0 Å². The molecule has 23 nitrogen and oxygen atoms in total. The summed E-state index contributed by atoms with van der Waals surface area (Å²) in [5.74, 6) is -9.71. The molecule has 1 rings (SSSR count). The van der Waals surface area contributed by atoms with Crippen molar-refractivity contribution in [3.05, 3.63) is 12.2 Å². The molecule has 5 N–H and O–H groups in total. The van der Waals surface area contributed by atoms with Gasteiger partial charge in [-0.15, -0.1) is 0 Å². The van der Waals surface area contributed by atoms with Crippen LogP contribution in [0.2, 0.25) is 0 Å². The molecular weight excluding hydrogens is 1090 g/mol. The number of nitrogens with zero attached hydrogens (tertiary/aromatic N) is 7. The monoisotopic (exact) mass is 1200 g/mol. The Morgan fingerprint density at radius 3 is 1.32 bits per heavy atom. The first-order chi connectivity index (χ1) is 39.2. The maximum atomic E-state index is 15.1. The molecule has 486 valence electrons. The highest BCUT2D eigenvalue weighted by Gasteiger charge is 2.45. The second-order valence-corrected chi connectivity index (χ2v) is 26.1. The van der Waals surface area contributed by atoms with Gasteiger partial charge in [-0.05, 0) is 101 Å². The van der Waals surface area contributed by atoms with Crippen molar-refractivity contribution in [1.82, 2.24) is 55.6 Å². The number of amides is 11. The molecule has 1 heterocycles. The Labute approximate surface area is 508 Å². The van der Waals surface area contributed by atoms with Crippen molar-refractivity contribution < 1.29 is 57.8 Å². The normalized spacial score (nSPS) is 26.9. The largest absolute Gasteiger partial charge is 0.390 e. The van der Waals surface area contributed by atoms with E-state index in [9.17, 15) is 48.3 Å². The van der Waals surface area contributed by atoms with Gasteiger partial charge in [0.25, 0.3) is 0 Å². The Bertz CT molecular complexity index is 2330. The number of aliphatic hydroxyl groups excluding tert-OH is 1. The maximum Gasteiger partial charge on any atom is 0.246 e. The van der Waals surface area contributed by atoms with Gasteiger partial charge in [-0.2, -0.15) is 0 Å². The minimum absolute atomic E-state index is 0.0229. The number of hydrogen-bond acceptors (Lipinski definition) is 12. The molecular formula is C62H111N11O12. The van der Waals surface area contributed by atoms with Crippen LogP contribution in [-0.4, -0.2) is 227 Å². The van der Waals surface area contributed by atoms with Crippen LogP contribution in [0.5, 0.6) is 0 Å². The highest BCUT2D eigenvalue weighted by atomic mass is 16.3. The summed E-state index contributed by atoms with van der Waals surface area (Å²) in [6.45, 7) is 29.3. The summed E-state index contributed by atoms with van der Waals surface area (Å²) >= 11 is 0. The van der Waals surface area contributed by atoms with Crippen molar-refractivity contribution in [2.75, 3.05) is 55.9 Å². The molecule has 23 heteroatoms. The summed E-state index contributed by atoms with van der Waals surface area (Å²) in [7, 11) is 9.92. The third-order valence-corrected chi connectivity index (χ3v) is 16.1. The van der Waals surface area contributed by atoms with E-state index in [1.54, 1.807) is 54.5 Å². The molecule has 1 aliphatic heterocycles. The summed E-state index contributed by atoms with van der Waals surface area (Å²) in [4.78, 5) is 169. The van der Waals surface area contributed by atoms with Gasteiger partial charge < -0.3 is 60.7 Å². The first-order valence-corrected chi connectivity index (χ1v) is 30.6. The molecule has 12 atom stereocenters. The fourth-order valence-corrected chi connectivity index (χ4v) is 10.7. The minimum atomic E-state index is -1.61. The molecule has 1 fully saturated rings. The van der Waals surface area contributed by atoms with Crippen molar-refractivity contribution in [1.29, 1.82) is 0 Å². The first kappa shape index (κ1) is 76.9. The van der Waals surface area contributed by atoms with Crippen molar-refractivity contribution in [2.24, 2.45) is 41.4 Å². The fourth-order valence-electron chi connectivity index (χ4n) is 10.7. The molecule has 0 aromatic heterocycles. The average molecular weight is 1200 g/mol. The van der Waals surface area contributed by atoms with Crippen LogP contribution in [-0.2, 0) is 52.7 Å². The van der Waals surface area contributed by atoms with E-state index in [2.05, 4.69) is 21.3 Å². The number of hydrogen-bond donors (Lipinski definition) is 5. The number of nitrogens with one attached hydrogen (secondary N) is 4. The number of carbonyl (C=O) groups is 11. The van der Waals surface area contributed by atoms with E-state index in [4.69, 9.17) is 0 Å².